The molecule has 0 saturated carbocycles. The van der Waals surface area contributed by atoms with Gasteiger partial charge in [0.05, 0.1) is 24.3 Å². The van der Waals surface area contributed by atoms with Crippen molar-refractivity contribution in [2.24, 2.45) is 0 Å². The fourth-order valence-electron chi connectivity index (χ4n) is 3.09. The molecule has 0 aliphatic rings. The summed E-state index contributed by atoms with van der Waals surface area (Å²) in [5, 5.41) is 0. The molecule has 1 aromatic carbocycles. The van der Waals surface area contributed by atoms with Crippen LogP contribution in [0.4, 0.5) is 0 Å². The van der Waals surface area contributed by atoms with Crippen LogP contribution in [0.5, 0.6) is 0 Å². The number of ether oxygens (including phenoxy) is 2. The standard InChI is InChI=1S/C24H38O4.K.H/c1-3-5-7-9-11-15-19-27-23(25)21-17-13-14-18-22(21)24(26)28-20-16-12-10-8-6-4-2;;/h13-14,17-18H,3-12,15-16,19-20H2,1-2H3;;. The first-order chi connectivity index (χ1) is 13.7. The molecule has 0 N–H and O–H groups in total. The van der Waals surface area contributed by atoms with Gasteiger partial charge in [-0.1, -0.05) is 90.2 Å². The van der Waals surface area contributed by atoms with Gasteiger partial charge in [-0.2, -0.15) is 0 Å². The predicted molar refractivity (Wildman–Crippen MR) is 121 cm³/mol. The van der Waals surface area contributed by atoms with Crippen LogP contribution in [0.1, 0.15) is 112 Å². The number of unbranched alkanes of at least 4 members (excludes halogenated alkanes) is 10. The zero-order chi connectivity index (χ0) is 20.5. The van der Waals surface area contributed by atoms with Crippen LogP contribution in [-0.4, -0.2) is 76.5 Å². The van der Waals surface area contributed by atoms with Crippen LogP contribution >= 0.6 is 0 Å². The Morgan fingerprint density at radius 2 is 0.966 bits per heavy atom. The Labute approximate surface area is 219 Å². The van der Waals surface area contributed by atoms with E-state index in [1.54, 1.807) is 24.3 Å². The van der Waals surface area contributed by atoms with E-state index < -0.39 is 11.9 Å². The summed E-state index contributed by atoms with van der Waals surface area (Å²) in [6, 6.07) is 6.74. The van der Waals surface area contributed by atoms with Gasteiger partial charge in [-0.05, 0) is 25.0 Å². The number of hydrogen-bond acceptors (Lipinski definition) is 4. The summed E-state index contributed by atoms with van der Waals surface area (Å²) in [7, 11) is 0. The molecular weight excluding hydrogens is 391 g/mol. The SMILES string of the molecule is CCCCCCCCOC(=O)c1ccccc1C(=O)OCCCCCCCC.[KH]. The van der Waals surface area contributed by atoms with E-state index in [2.05, 4.69) is 13.8 Å². The van der Waals surface area contributed by atoms with E-state index in [1.165, 1.54) is 51.4 Å². The third-order valence-electron chi connectivity index (χ3n) is 4.83. The van der Waals surface area contributed by atoms with E-state index in [4.69, 9.17) is 9.47 Å². The predicted octanol–water partition coefficient (Wildman–Crippen LogP) is 6.07. The van der Waals surface area contributed by atoms with Crippen molar-refractivity contribution < 1.29 is 19.1 Å². The number of benzene rings is 1. The van der Waals surface area contributed by atoms with Crippen molar-refractivity contribution >= 4 is 63.3 Å². The number of carbonyl (C=O) groups excluding carboxylic acids is 2. The number of hydrogen-bond donors (Lipinski definition) is 0. The molecule has 0 fully saturated rings. The Balaban J connectivity index is 0.00000784. The van der Waals surface area contributed by atoms with E-state index in [-0.39, 0.29) is 51.4 Å². The third-order valence-corrected chi connectivity index (χ3v) is 4.83. The van der Waals surface area contributed by atoms with Crippen LogP contribution in [0.2, 0.25) is 0 Å². The molecule has 29 heavy (non-hydrogen) atoms. The van der Waals surface area contributed by atoms with Crippen molar-refractivity contribution in [1.82, 2.24) is 0 Å². The fraction of sp³-hybridized carbons (Fsp3) is 0.667. The van der Waals surface area contributed by atoms with Gasteiger partial charge in [0.25, 0.3) is 0 Å². The molecule has 1 rings (SSSR count). The second kappa shape index (κ2) is 19.7. The molecule has 1 aromatic rings. The third kappa shape index (κ3) is 13.7. The Morgan fingerprint density at radius 1 is 0.621 bits per heavy atom. The number of rotatable bonds is 16. The Bertz CT molecular complexity index is 511. The van der Waals surface area contributed by atoms with Crippen molar-refractivity contribution in [1.29, 1.82) is 0 Å². The summed E-state index contributed by atoms with van der Waals surface area (Å²) in [4.78, 5) is 24.7. The minimum atomic E-state index is -0.444. The van der Waals surface area contributed by atoms with Crippen LogP contribution in [0.3, 0.4) is 0 Å². The first-order valence-corrected chi connectivity index (χ1v) is 11.1. The quantitative estimate of drug-likeness (QED) is 0.181. The Morgan fingerprint density at radius 3 is 1.34 bits per heavy atom. The van der Waals surface area contributed by atoms with Gasteiger partial charge >= 0.3 is 63.3 Å². The average molecular weight is 431 g/mol. The van der Waals surface area contributed by atoms with Crippen molar-refractivity contribution in [3.05, 3.63) is 35.4 Å². The van der Waals surface area contributed by atoms with Gasteiger partial charge in [0.15, 0.2) is 0 Å². The van der Waals surface area contributed by atoms with Crippen molar-refractivity contribution in [2.45, 2.75) is 90.9 Å². The topological polar surface area (TPSA) is 52.6 Å². The fourth-order valence-corrected chi connectivity index (χ4v) is 3.09. The zero-order valence-corrected chi connectivity index (χ0v) is 17.8. The van der Waals surface area contributed by atoms with Crippen molar-refractivity contribution in [3.8, 4) is 0 Å². The van der Waals surface area contributed by atoms with Gasteiger partial charge in [0.2, 0.25) is 0 Å². The summed E-state index contributed by atoms with van der Waals surface area (Å²) in [6.45, 7) is 5.17. The molecule has 0 aliphatic carbocycles. The maximum atomic E-state index is 12.4. The molecule has 0 spiro atoms. The molecule has 0 aromatic heterocycles. The second-order valence-corrected chi connectivity index (χ2v) is 7.35. The van der Waals surface area contributed by atoms with Gasteiger partial charge in [0.1, 0.15) is 0 Å². The summed E-state index contributed by atoms with van der Waals surface area (Å²) in [5.74, 6) is -0.888. The molecule has 0 aliphatic heterocycles. The molecule has 5 heteroatoms. The van der Waals surface area contributed by atoms with E-state index in [0.717, 1.165) is 25.7 Å². The molecule has 0 unspecified atom stereocenters. The number of carbonyl (C=O) groups is 2. The van der Waals surface area contributed by atoms with Crippen LogP contribution in [0.15, 0.2) is 24.3 Å². The molecule has 0 heterocycles. The molecular formula is C24H39KO4. The minimum absolute atomic E-state index is 0. The van der Waals surface area contributed by atoms with E-state index in [1.807, 2.05) is 0 Å². The molecule has 0 saturated heterocycles. The van der Waals surface area contributed by atoms with Crippen molar-refractivity contribution in [2.75, 3.05) is 13.2 Å². The van der Waals surface area contributed by atoms with Gasteiger partial charge in [-0.3, -0.25) is 0 Å². The zero-order valence-electron chi connectivity index (χ0n) is 17.8. The maximum absolute atomic E-state index is 12.4. The molecule has 160 valence electrons. The summed E-state index contributed by atoms with van der Waals surface area (Å²) < 4.78 is 10.7. The summed E-state index contributed by atoms with van der Waals surface area (Å²) >= 11 is 0. The summed E-state index contributed by atoms with van der Waals surface area (Å²) in [6.07, 6.45) is 13.6. The second-order valence-electron chi connectivity index (χ2n) is 7.35. The number of esters is 2. The summed E-state index contributed by atoms with van der Waals surface area (Å²) in [5.41, 5.74) is 0.586. The Kier molecular flexibility index (Phi) is 19.6. The van der Waals surface area contributed by atoms with Gasteiger partial charge in [-0.15, -0.1) is 0 Å². The van der Waals surface area contributed by atoms with E-state index in [9.17, 15) is 9.59 Å². The normalized spacial score (nSPS) is 10.3. The van der Waals surface area contributed by atoms with Crippen LogP contribution in [-0.2, 0) is 9.47 Å². The van der Waals surface area contributed by atoms with Crippen LogP contribution in [0.25, 0.3) is 0 Å². The molecule has 4 nitrogen and oxygen atoms in total. The van der Waals surface area contributed by atoms with Gasteiger partial charge in [0, 0.05) is 0 Å². The van der Waals surface area contributed by atoms with Gasteiger partial charge < -0.3 is 9.47 Å². The Hall–Kier alpha value is -0.204. The monoisotopic (exact) mass is 430 g/mol. The average Bonchev–Trinajstić information content (AvgIpc) is 2.72. The molecule has 0 amide bonds. The van der Waals surface area contributed by atoms with Crippen LogP contribution < -0.4 is 0 Å². The van der Waals surface area contributed by atoms with E-state index in [0.29, 0.717) is 24.3 Å². The molecule has 0 atom stereocenters. The first-order valence-electron chi connectivity index (χ1n) is 11.1. The molecule has 0 bridgehead atoms. The first kappa shape index (κ1) is 28.8. The van der Waals surface area contributed by atoms with Crippen molar-refractivity contribution in [3.63, 3.8) is 0 Å². The van der Waals surface area contributed by atoms with Gasteiger partial charge in [-0.25, -0.2) is 9.59 Å². The van der Waals surface area contributed by atoms with E-state index >= 15 is 0 Å². The molecule has 0 radical (unpaired) electrons. The van der Waals surface area contributed by atoms with Crippen LogP contribution in [0, 0.1) is 0 Å².